The number of amides is 1. The van der Waals surface area contributed by atoms with Crippen molar-refractivity contribution in [1.82, 2.24) is 9.91 Å². The van der Waals surface area contributed by atoms with Gasteiger partial charge in [-0.3, -0.25) is 4.79 Å². The predicted molar refractivity (Wildman–Crippen MR) is 133 cm³/mol. The Labute approximate surface area is 196 Å². The van der Waals surface area contributed by atoms with E-state index in [2.05, 4.69) is 70.3 Å². The molecule has 0 aliphatic carbocycles. The maximum Gasteiger partial charge on any atom is 0.244 e. The quantitative estimate of drug-likeness (QED) is 0.624. The lowest BCUT2D eigenvalue weighted by Crippen LogP contribution is -2.44. The van der Waals surface area contributed by atoms with E-state index < -0.39 is 0 Å². The van der Waals surface area contributed by atoms with Crippen LogP contribution >= 0.6 is 11.6 Å². The van der Waals surface area contributed by atoms with E-state index in [-0.39, 0.29) is 18.4 Å². The summed E-state index contributed by atoms with van der Waals surface area (Å²) in [6, 6.07) is 16.9. The van der Waals surface area contributed by atoms with Crippen molar-refractivity contribution in [3.63, 3.8) is 0 Å². The minimum Gasteiger partial charge on any atom is -0.378 e. The molecule has 1 unspecified atom stereocenters. The molecule has 6 nitrogen and oxygen atoms in total. The van der Waals surface area contributed by atoms with Crippen molar-refractivity contribution in [3.8, 4) is 0 Å². The van der Waals surface area contributed by atoms with Crippen LogP contribution in [0.5, 0.6) is 0 Å². The van der Waals surface area contributed by atoms with Crippen LogP contribution in [0.4, 0.5) is 11.4 Å². The standard InChI is InChI=1S/C25H32ClN5O/c1-28(2)21-8-6-20(7-9-21)24-18-23(27-31(24)25(32)12-13-26)19-4-10-22(11-5-19)30-16-14-29(3)15-17-30/h4-11,24H,12-18H2,1-3H3. The highest BCUT2D eigenvalue weighted by Crippen LogP contribution is 2.34. The largest absolute Gasteiger partial charge is 0.378 e. The average molecular weight is 454 g/mol. The zero-order chi connectivity index (χ0) is 22.7. The van der Waals surface area contributed by atoms with Crippen LogP contribution in [-0.4, -0.2) is 74.7 Å². The molecule has 170 valence electrons. The van der Waals surface area contributed by atoms with Gasteiger partial charge in [-0.25, -0.2) is 5.01 Å². The van der Waals surface area contributed by atoms with Crippen molar-refractivity contribution in [2.75, 3.05) is 63.0 Å². The Hall–Kier alpha value is -2.57. The van der Waals surface area contributed by atoms with Crippen LogP contribution in [0.2, 0.25) is 0 Å². The van der Waals surface area contributed by atoms with Crippen LogP contribution in [0.3, 0.4) is 0 Å². The molecule has 2 aliphatic heterocycles. The van der Waals surface area contributed by atoms with E-state index in [0.29, 0.717) is 12.3 Å². The smallest absolute Gasteiger partial charge is 0.244 e. The lowest BCUT2D eigenvalue weighted by atomic mass is 9.97. The van der Waals surface area contributed by atoms with Crippen molar-refractivity contribution >= 4 is 34.6 Å². The molecule has 7 heteroatoms. The third kappa shape index (κ3) is 4.92. The van der Waals surface area contributed by atoms with Gasteiger partial charge in [0.25, 0.3) is 0 Å². The molecule has 1 amide bonds. The second kappa shape index (κ2) is 9.92. The number of piperazine rings is 1. The van der Waals surface area contributed by atoms with E-state index in [1.165, 1.54) is 5.69 Å². The summed E-state index contributed by atoms with van der Waals surface area (Å²) >= 11 is 5.87. The lowest BCUT2D eigenvalue weighted by molar-refractivity contribution is -0.132. The Kier molecular flexibility index (Phi) is 7.01. The number of nitrogens with zero attached hydrogens (tertiary/aromatic N) is 5. The van der Waals surface area contributed by atoms with Crippen LogP contribution < -0.4 is 9.80 Å². The number of carbonyl (C=O) groups excluding carboxylic acids is 1. The van der Waals surface area contributed by atoms with E-state index >= 15 is 0 Å². The maximum absolute atomic E-state index is 12.8. The fourth-order valence-electron chi connectivity index (χ4n) is 4.29. The predicted octanol–water partition coefficient (Wildman–Crippen LogP) is 3.81. The van der Waals surface area contributed by atoms with Gasteiger partial charge in [0.1, 0.15) is 0 Å². The molecule has 0 bridgehead atoms. The number of likely N-dealkylation sites (N-methyl/N-ethyl adjacent to an activating group) is 1. The number of alkyl halides is 1. The molecule has 2 aliphatic rings. The summed E-state index contributed by atoms with van der Waals surface area (Å²) in [7, 11) is 6.21. The Morgan fingerprint density at radius 1 is 1.03 bits per heavy atom. The van der Waals surface area contributed by atoms with Crippen LogP contribution in [0.25, 0.3) is 0 Å². The summed E-state index contributed by atoms with van der Waals surface area (Å²) in [5, 5.41) is 6.39. The number of benzene rings is 2. The van der Waals surface area contributed by atoms with Gasteiger partial charge in [0.2, 0.25) is 5.91 Å². The summed E-state index contributed by atoms with van der Waals surface area (Å²) in [5.74, 6) is 0.261. The van der Waals surface area contributed by atoms with Gasteiger partial charge in [-0.15, -0.1) is 11.6 Å². The first-order valence-corrected chi connectivity index (χ1v) is 11.8. The van der Waals surface area contributed by atoms with Gasteiger partial charge in [-0.1, -0.05) is 24.3 Å². The van der Waals surface area contributed by atoms with Crippen LogP contribution in [0.1, 0.15) is 30.0 Å². The van der Waals surface area contributed by atoms with Crippen molar-refractivity contribution in [1.29, 1.82) is 0 Å². The van der Waals surface area contributed by atoms with Crippen LogP contribution in [-0.2, 0) is 4.79 Å². The topological polar surface area (TPSA) is 42.4 Å². The third-order valence-corrected chi connectivity index (χ3v) is 6.53. The molecule has 2 heterocycles. The first-order valence-electron chi connectivity index (χ1n) is 11.2. The van der Waals surface area contributed by atoms with Crippen molar-refractivity contribution in [2.45, 2.75) is 18.9 Å². The van der Waals surface area contributed by atoms with Crippen molar-refractivity contribution in [3.05, 3.63) is 59.7 Å². The number of halogens is 1. The summed E-state index contributed by atoms with van der Waals surface area (Å²) < 4.78 is 0. The van der Waals surface area contributed by atoms with Crippen molar-refractivity contribution in [2.24, 2.45) is 5.10 Å². The van der Waals surface area contributed by atoms with E-state index in [1.54, 1.807) is 5.01 Å². The monoisotopic (exact) mass is 453 g/mol. The van der Waals surface area contributed by atoms with Crippen LogP contribution in [0.15, 0.2) is 53.6 Å². The van der Waals surface area contributed by atoms with Crippen molar-refractivity contribution < 1.29 is 4.79 Å². The first-order chi connectivity index (χ1) is 15.5. The zero-order valence-corrected chi connectivity index (χ0v) is 19.9. The Morgan fingerprint density at radius 3 is 2.28 bits per heavy atom. The number of anilines is 2. The van der Waals surface area contributed by atoms with E-state index in [4.69, 9.17) is 16.7 Å². The van der Waals surface area contributed by atoms with Gasteiger partial charge < -0.3 is 14.7 Å². The van der Waals surface area contributed by atoms with Gasteiger partial charge in [0.05, 0.1) is 11.8 Å². The SMILES string of the molecule is CN1CCN(c2ccc(C3=NN(C(=O)CCCl)C(c4ccc(N(C)C)cc4)C3)cc2)CC1. The summed E-state index contributed by atoms with van der Waals surface area (Å²) in [5.41, 5.74) is 5.47. The van der Waals surface area contributed by atoms with E-state index in [0.717, 1.165) is 48.7 Å². The number of hydrogen-bond donors (Lipinski definition) is 0. The zero-order valence-electron chi connectivity index (χ0n) is 19.2. The summed E-state index contributed by atoms with van der Waals surface area (Å²) in [6.07, 6.45) is 0.982. The molecule has 0 spiro atoms. The molecule has 1 saturated heterocycles. The van der Waals surface area contributed by atoms with Crippen LogP contribution in [0, 0.1) is 0 Å². The van der Waals surface area contributed by atoms with Gasteiger partial charge in [-0.05, 0) is 42.4 Å². The van der Waals surface area contributed by atoms with E-state index in [9.17, 15) is 4.79 Å². The number of hydrazone groups is 1. The summed E-state index contributed by atoms with van der Waals surface area (Å²) in [4.78, 5) is 19.6. The van der Waals surface area contributed by atoms with E-state index in [1.807, 2.05) is 14.1 Å². The molecule has 1 fully saturated rings. The first kappa shape index (κ1) is 22.6. The Balaban J connectivity index is 1.54. The molecule has 2 aromatic carbocycles. The highest BCUT2D eigenvalue weighted by Gasteiger charge is 2.32. The fourth-order valence-corrected chi connectivity index (χ4v) is 4.46. The molecular formula is C25H32ClN5O. The molecule has 0 saturated carbocycles. The second-order valence-electron chi connectivity index (χ2n) is 8.77. The normalized spacial score (nSPS) is 19.2. The average Bonchev–Trinajstić information content (AvgIpc) is 3.26. The Morgan fingerprint density at radius 2 is 1.69 bits per heavy atom. The van der Waals surface area contributed by atoms with Gasteiger partial charge in [0, 0.05) is 70.4 Å². The third-order valence-electron chi connectivity index (χ3n) is 6.34. The number of carbonyl (C=O) groups is 1. The molecule has 1 atom stereocenters. The maximum atomic E-state index is 12.8. The lowest BCUT2D eigenvalue weighted by Gasteiger charge is -2.34. The van der Waals surface area contributed by atoms with Gasteiger partial charge in [0.15, 0.2) is 0 Å². The number of rotatable bonds is 6. The summed E-state index contributed by atoms with van der Waals surface area (Å²) in [6.45, 7) is 4.26. The highest BCUT2D eigenvalue weighted by molar-refractivity contribution is 6.19. The molecule has 0 radical (unpaired) electrons. The molecule has 4 rings (SSSR count). The molecule has 0 N–H and O–H groups in total. The van der Waals surface area contributed by atoms with Gasteiger partial charge >= 0.3 is 0 Å². The van der Waals surface area contributed by atoms with Gasteiger partial charge in [-0.2, -0.15) is 5.10 Å². The molecule has 2 aromatic rings. The molecule has 32 heavy (non-hydrogen) atoms. The Bertz CT molecular complexity index is 949. The minimum atomic E-state index is -0.103. The molecular weight excluding hydrogens is 422 g/mol. The molecule has 0 aromatic heterocycles. The number of hydrogen-bond acceptors (Lipinski definition) is 5. The fraction of sp³-hybridized carbons (Fsp3) is 0.440. The minimum absolute atomic E-state index is 0.0363. The second-order valence-corrected chi connectivity index (χ2v) is 9.15. The highest BCUT2D eigenvalue weighted by atomic mass is 35.5.